The number of hydrogen-bond acceptors (Lipinski definition) is 4. The summed E-state index contributed by atoms with van der Waals surface area (Å²) in [7, 11) is -3.37. The maximum absolute atomic E-state index is 13.7. The highest BCUT2D eigenvalue weighted by Crippen LogP contribution is 2.50. The number of rotatable bonds is 3. The standard InChI is InChI=1S/C24H25N3O3S/c1-31(29,30)26-18-10-11-21-20(15-18)24(12-3-2-4-13-24)16-27(21)23(28)19-9-5-7-17-8-6-14-25-22(17)19/h5-11,14-15,26H,2-4,12-13,16H2,1H3. The fourth-order valence-corrected chi connectivity index (χ4v) is 5.76. The van der Waals surface area contributed by atoms with Crippen molar-refractivity contribution in [3.8, 4) is 0 Å². The zero-order chi connectivity index (χ0) is 21.6. The summed E-state index contributed by atoms with van der Waals surface area (Å²) >= 11 is 0. The molecule has 1 amide bonds. The van der Waals surface area contributed by atoms with Crippen LogP contribution in [0.25, 0.3) is 10.9 Å². The van der Waals surface area contributed by atoms with Crippen molar-refractivity contribution in [2.24, 2.45) is 0 Å². The lowest BCUT2D eigenvalue weighted by Crippen LogP contribution is -2.38. The second-order valence-electron chi connectivity index (χ2n) is 8.72. The number of hydrogen-bond donors (Lipinski definition) is 1. The molecule has 0 saturated heterocycles. The minimum Gasteiger partial charge on any atom is -0.307 e. The van der Waals surface area contributed by atoms with E-state index in [9.17, 15) is 13.2 Å². The Morgan fingerprint density at radius 3 is 2.61 bits per heavy atom. The summed E-state index contributed by atoms with van der Waals surface area (Å²) < 4.78 is 26.1. The van der Waals surface area contributed by atoms with E-state index in [0.29, 0.717) is 23.3 Å². The Balaban J connectivity index is 1.60. The number of fused-ring (bicyclic) bond motifs is 3. The Labute approximate surface area is 182 Å². The average Bonchev–Trinajstić information content (AvgIpc) is 3.05. The van der Waals surface area contributed by atoms with E-state index in [1.165, 1.54) is 6.42 Å². The van der Waals surface area contributed by atoms with Gasteiger partial charge in [-0.15, -0.1) is 0 Å². The van der Waals surface area contributed by atoms with E-state index in [-0.39, 0.29) is 11.3 Å². The molecule has 1 saturated carbocycles. The number of nitrogens with one attached hydrogen (secondary N) is 1. The van der Waals surface area contributed by atoms with Crippen LogP contribution in [0.15, 0.2) is 54.7 Å². The molecule has 1 aliphatic heterocycles. The van der Waals surface area contributed by atoms with Gasteiger partial charge < -0.3 is 4.90 Å². The van der Waals surface area contributed by atoms with Crippen molar-refractivity contribution in [3.63, 3.8) is 0 Å². The Morgan fingerprint density at radius 1 is 1.06 bits per heavy atom. The van der Waals surface area contributed by atoms with Crippen LogP contribution in [0.5, 0.6) is 0 Å². The summed E-state index contributed by atoms with van der Waals surface area (Å²) in [6, 6.07) is 15.1. The summed E-state index contributed by atoms with van der Waals surface area (Å²) in [6.07, 6.45) is 8.28. The number of para-hydroxylation sites is 1. The molecule has 2 aromatic carbocycles. The third kappa shape index (κ3) is 3.57. The van der Waals surface area contributed by atoms with Crippen LogP contribution < -0.4 is 9.62 Å². The van der Waals surface area contributed by atoms with Gasteiger partial charge >= 0.3 is 0 Å². The zero-order valence-corrected chi connectivity index (χ0v) is 18.3. The third-order valence-corrected chi connectivity index (χ3v) is 7.15. The Bertz CT molecular complexity index is 1270. The molecule has 3 aromatic rings. The summed E-state index contributed by atoms with van der Waals surface area (Å²) in [4.78, 5) is 20.1. The van der Waals surface area contributed by atoms with Gasteiger partial charge in [-0.1, -0.05) is 37.5 Å². The second-order valence-corrected chi connectivity index (χ2v) is 10.5. The van der Waals surface area contributed by atoms with Gasteiger partial charge in [-0.05, 0) is 48.7 Å². The summed E-state index contributed by atoms with van der Waals surface area (Å²) in [6.45, 7) is 0.618. The molecule has 7 heteroatoms. The first-order valence-electron chi connectivity index (χ1n) is 10.6. The summed E-state index contributed by atoms with van der Waals surface area (Å²) in [5.74, 6) is -0.0585. The lowest BCUT2D eigenvalue weighted by Gasteiger charge is -2.34. The molecule has 6 nitrogen and oxygen atoms in total. The molecule has 0 atom stereocenters. The number of amides is 1. The summed E-state index contributed by atoms with van der Waals surface area (Å²) in [5, 5.41) is 0.938. The molecule has 5 rings (SSSR count). The molecule has 0 unspecified atom stereocenters. The molecule has 160 valence electrons. The molecule has 0 radical (unpaired) electrons. The summed E-state index contributed by atoms with van der Waals surface area (Å²) in [5.41, 5.74) is 3.66. The van der Waals surface area contributed by atoms with Gasteiger partial charge in [-0.25, -0.2) is 8.42 Å². The molecular formula is C24H25N3O3S. The van der Waals surface area contributed by atoms with Crippen LogP contribution in [-0.2, 0) is 15.4 Å². The van der Waals surface area contributed by atoms with E-state index in [2.05, 4.69) is 9.71 Å². The van der Waals surface area contributed by atoms with Crippen LogP contribution in [0.3, 0.4) is 0 Å². The van der Waals surface area contributed by atoms with Gasteiger partial charge in [0, 0.05) is 34.9 Å². The highest BCUT2D eigenvalue weighted by Gasteiger charge is 2.45. The van der Waals surface area contributed by atoms with Crippen molar-refractivity contribution >= 4 is 38.2 Å². The molecule has 1 spiro atoms. The quantitative estimate of drug-likeness (QED) is 0.658. The second kappa shape index (κ2) is 7.34. The maximum atomic E-state index is 13.7. The molecule has 31 heavy (non-hydrogen) atoms. The number of pyridine rings is 1. The molecule has 1 aromatic heterocycles. The molecule has 0 bridgehead atoms. The van der Waals surface area contributed by atoms with Gasteiger partial charge in [0.2, 0.25) is 10.0 Å². The lowest BCUT2D eigenvalue weighted by molar-refractivity contribution is 0.0984. The van der Waals surface area contributed by atoms with E-state index in [4.69, 9.17) is 0 Å². The van der Waals surface area contributed by atoms with Crippen LogP contribution in [0, 0.1) is 0 Å². The number of nitrogens with zero attached hydrogens (tertiary/aromatic N) is 2. The predicted octanol–water partition coefficient (Wildman–Crippen LogP) is 4.47. The van der Waals surface area contributed by atoms with Crippen molar-refractivity contribution in [2.75, 3.05) is 22.4 Å². The Kier molecular flexibility index (Phi) is 4.73. The van der Waals surface area contributed by atoms with Crippen LogP contribution in [0.1, 0.15) is 48.0 Å². The molecule has 1 fully saturated rings. The predicted molar refractivity (Wildman–Crippen MR) is 123 cm³/mol. The number of benzene rings is 2. The molecular weight excluding hydrogens is 410 g/mol. The van der Waals surface area contributed by atoms with Crippen LogP contribution in [-0.4, -0.2) is 32.1 Å². The first-order chi connectivity index (χ1) is 14.9. The molecule has 2 heterocycles. The van der Waals surface area contributed by atoms with Crippen molar-refractivity contribution < 1.29 is 13.2 Å². The van der Waals surface area contributed by atoms with Crippen molar-refractivity contribution in [1.82, 2.24) is 4.98 Å². The van der Waals surface area contributed by atoms with E-state index in [0.717, 1.165) is 48.6 Å². The topological polar surface area (TPSA) is 79.4 Å². The average molecular weight is 436 g/mol. The SMILES string of the molecule is CS(=O)(=O)Nc1ccc2c(c1)C1(CCCCC1)CN2C(=O)c1cccc2cccnc12. The van der Waals surface area contributed by atoms with Crippen LogP contribution >= 0.6 is 0 Å². The number of anilines is 2. The molecule has 2 aliphatic rings. The van der Waals surface area contributed by atoms with Gasteiger partial charge in [0.15, 0.2) is 0 Å². The zero-order valence-electron chi connectivity index (χ0n) is 17.5. The fraction of sp³-hybridized carbons (Fsp3) is 0.333. The number of aromatic nitrogens is 1. The number of carbonyl (C=O) groups is 1. The molecule has 1 N–H and O–H groups in total. The van der Waals surface area contributed by atoms with Crippen LogP contribution in [0.4, 0.5) is 11.4 Å². The van der Waals surface area contributed by atoms with Gasteiger partial charge in [-0.2, -0.15) is 0 Å². The minimum absolute atomic E-state index is 0.0585. The highest BCUT2D eigenvalue weighted by atomic mass is 32.2. The first-order valence-corrected chi connectivity index (χ1v) is 12.5. The van der Waals surface area contributed by atoms with Crippen molar-refractivity contribution in [1.29, 1.82) is 0 Å². The Hall–Kier alpha value is -2.93. The monoisotopic (exact) mass is 435 g/mol. The van der Waals surface area contributed by atoms with E-state index < -0.39 is 10.0 Å². The largest absolute Gasteiger partial charge is 0.307 e. The molecule has 1 aliphatic carbocycles. The van der Waals surface area contributed by atoms with Crippen LogP contribution in [0.2, 0.25) is 0 Å². The van der Waals surface area contributed by atoms with Crippen molar-refractivity contribution in [2.45, 2.75) is 37.5 Å². The van der Waals surface area contributed by atoms with E-state index >= 15 is 0 Å². The fourth-order valence-electron chi connectivity index (χ4n) is 5.21. The number of carbonyl (C=O) groups excluding carboxylic acids is 1. The highest BCUT2D eigenvalue weighted by molar-refractivity contribution is 7.92. The van der Waals surface area contributed by atoms with Gasteiger partial charge in [-0.3, -0.25) is 14.5 Å². The minimum atomic E-state index is -3.37. The maximum Gasteiger partial charge on any atom is 0.260 e. The van der Waals surface area contributed by atoms with Gasteiger partial charge in [0.1, 0.15) is 0 Å². The van der Waals surface area contributed by atoms with Gasteiger partial charge in [0.25, 0.3) is 5.91 Å². The first kappa shape index (κ1) is 20.0. The van der Waals surface area contributed by atoms with E-state index in [1.54, 1.807) is 12.3 Å². The van der Waals surface area contributed by atoms with Crippen molar-refractivity contribution in [3.05, 3.63) is 65.9 Å². The van der Waals surface area contributed by atoms with Gasteiger partial charge in [0.05, 0.1) is 17.3 Å². The Morgan fingerprint density at radius 2 is 1.84 bits per heavy atom. The normalized spacial score (nSPS) is 17.6. The third-order valence-electron chi connectivity index (χ3n) is 6.54. The number of sulfonamides is 1. The van der Waals surface area contributed by atoms with E-state index in [1.807, 2.05) is 47.4 Å². The smallest absolute Gasteiger partial charge is 0.260 e. The lowest BCUT2D eigenvalue weighted by atomic mass is 9.70.